The van der Waals surface area contributed by atoms with Gasteiger partial charge >= 0.3 is 0 Å². The summed E-state index contributed by atoms with van der Waals surface area (Å²) in [4.78, 5) is 0. The summed E-state index contributed by atoms with van der Waals surface area (Å²) < 4.78 is 5.85. The lowest BCUT2D eigenvalue weighted by molar-refractivity contribution is 0.302. The predicted molar refractivity (Wildman–Crippen MR) is 83.1 cm³/mol. The largest absolute Gasteiger partial charge is 0.490 e. The highest BCUT2D eigenvalue weighted by Gasteiger charge is 2.26. The molecule has 1 aromatic rings. The van der Waals surface area contributed by atoms with Gasteiger partial charge in [-0.3, -0.25) is 0 Å². The second-order valence-corrected chi connectivity index (χ2v) is 6.36. The SMILES string of the molecule is CCCNC(c1ccc(OC2CC2)cc1)C1CCCC1. The molecule has 0 aliphatic heterocycles. The fourth-order valence-corrected chi connectivity index (χ4v) is 3.28. The molecule has 0 aromatic heterocycles. The smallest absolute Gasteiger partial charge is 0.119 e. The Morgan fingerprint density at radius 1 is 1.10 bits per heavy atom. The third kappa shape index (κ3) is 3.54. The van der Waals surface area contributed by atoms with Crippen molar-refractivity contribution in [1.82, 2.24) is 5.32 Å². The maximum Gasteiger partial charge on any atom is 0.119 e. The Morgan fingerprint density at radius 2 is 1.80 bits per heavy atom. The molecular weight excluding hydrogens is 246 g/mol. The van der Waals surface area contributed by atoms with Gasteiger partial charge in [-0.25, -0.2) is 0 Å². The number of ether oxygens (including phenoxy) is 1. The standard InChI is InChI=1S/C18H27NO/c1-2-13-19-18(14-5-3-4-6-14)15-7-9-16(10-8-15)20-17-11-12-17/h7-10,14,17-19H,2-6,11-13H2,1H3. The molecule has 2 aliphatic rings. The third-order valence-corrected chi connectivity index (χ3v) is 4.55. The topological polar surface area (TPSA) is 21.3 Å². The molecule has 0 heterocycles. The zero-order chi connectivity index (χ0) is 13.8. The van der Waals surface area contributed by atoms with Crippen molar-refractivity contribution in [1.29, 1.82) is 0 Å². The fraction of sp³-hybridized carbons (Fsp3) is 0.667. The van der Waals surface area contributed by atoms with Crippen molar-refractivity contribution in [2.45, 2.75) is 64.0 Å². The van der Waals surface area contributed by atoms with Gasteiger partial charge in [-0.2, -0.15) is 0 Å². The minimum absolute atomic E-state index is 0.490. The van der Waals surface area contributed by atoms with Crippen LogP contribution in [0.3, 0.4) is 0 Å². The van der Waals surface area contributed by atoms with Gasteiger partial charge in [-0.1, -0.05) is 31.9 Å². The molecule has 3 rings (SSSR count). The molecule has 0 amide bonds. The van der Waals surface area contributed by atoms with Crippen molar-refractivity contribution in [3.8, 4) is 5.75 Å². The normalized spacial score (nSPS) is 21.1. The summed E-state index contributed by atoms with van der Waals surface area (Å²) in [6.07, 6.45) is 9.70. The van der Waals surface area contributed by atoms with Gasteiger partial charge in [0.25, 0.3) is 0 Å². The minimum Gasteiger partial charge on any atom is -0.490 e. The van der Waals surface area contributed by atoms with Crippen LogP contribution in [0.25, 0.3) is 0 Å². The summed E-state index contributed by atoms with van der Waals surface area (Å²) in [6, 6.07) is 9.38. The van der Waals surface area contributed by atoms with Crippen LogP contribution >= 0.6 is 0 Å². The van der Waals surface area contributed by atoms with Crippen molar-refractivity contribution in [3.63, 3.8) is 0 Å². The Balaban J connectivity index is 1.67. The minimum atomic E-state index is 0.490. The fourth-order valence-electron chi connectivity index (χ4n) is 3.28. The summed E-state index contributed by atoms with van der Waals surface area (Å²) in [5.41, 5.74) is 1.44. The van der Waals surface area contributed by atoms with E-state index in [2.05, 4.69) is 36.5 Å². The monoisotopic (exact) mass is 273 g/mol. The first-order valence-corrected chi connectivity index (χ1v) is 8.37. The summed E-state index contributed by atoms with van der Waals surface area (Å²) >= 11 is 0. The van der Waals surface area contributed by atoms with Crippen LogP contribution in [0.5, 0.6) is 5.75 Å². The van der Waals surface area contributed by atoms with Crippen LogP contribution < -0.4 is 10.1 Å². The number of hydrogen-bond donors (Lipinski definition) is 1. The molecule has 110 valence electrons. The molecule has 20 heavy (non-hydrogen) atoms. The Kier molecular flexibility index (Phi) is 4.62. The van der Waals surface area contributed by atoms with E-state index in [1.807, 2.05) is 0 Å². The highest BCUT2D eigenvalue weighted by molar-refractivity contribution is 5.30. The number of hydrogen-bond acceptors (Lipinski definition) is 2. The number of nitrogens with one attached hydrogen (secondary N) is 1. The van der Waals surface area contributed by atoms with Gasteiger partial charge < -0.3 is 10.1 Å². The average Bonchev–Trinajstić information content (AvgIpc) is 3.12. The van der Waals surface area contributed by atoms with Gasteiger partial charge in [0, 0.05) is 6.04 Å². The second kappa shape index (κ2) is 6.62. The predicted octanol–water partition coefficient (Wildman–Crippen LogP) is 4.46. The Labute approximate surface area is 122 Å². The van der Waals surface area contributed by atoms with E-state index >= 15 is 0 Å². The molecule has 0 spiro atoms. The van der Waals surface area contributed by atoms with E-state index in [0.717, 1.165) is 18.2 Å². The first kappa shape index (κ1) is 13.9. The van der Waals surface area contributed by atoms with Gasteiger partial charge in [0.15, 0.2) is 0 Å². The molecular formula is C18H27NO. The quantitative estimate of drug-likeness (QED) is 0.792. The number of benzene rings is 1. The van der Waals surface area contributed by atoms with Gasteiger partial charge in [0.05, 0.1) is 6.10 Å². The van der Waals surface area contributed by atoms with Crippen LogP contribution in [0.15, 0.2) is 24.3 Å². The van der Waals surface area contributed by atoms with Crippen molar-refractivity contribution >= 4 is 0 Å². The molecule has 2 nitrogen and oxygen atoms in total. The first-order chi connectivity index (χ1) is 9.86. The maximum absolute atomic E-state index is 5.85. The van der Waals surface area contributed by atoms with Crippen molar-refractivity contribution < 1.29 is 4.74 Å². The highest BCUT2D eigenvalue weighted by atomic mass is 16.5. The Bertz CT molecular complexity index is 404. The van der Waals surface area contributed by atoms with Crippen molar-refractivity contribution in [2.75, 3.05) is 6.54 Å². The van der Waals surface area contributed by atoms with E-state index in [0.29, 0.717) is 12.1 Å². The van der Waals surface area contributed by atoms with E-state index in [1.54, 1.807) is 0 Å². The van der Waals surface area contributed by atoms with E-state index in [1.165, 1.54) is 50.5 Å². The summed E-state index contributed by atoms with van der Waals surface area (Å²) in [7, 11) is 0. The third-order valence-electron chi connectivity index (χ3n) is 4.55. The van der Waals surface area contributed by atoms with Crippen LogP contribution in [0.1, 0.15) is 63.5 Å². The van der Waals surface area contributed by atoms with Crippen LogP contribution in [-0.2, 0) is 0 Å². The zero-order valence-electron chi connectivity index (χ0n) is 12.6. The summed E-state index contributed by atoms with van der Waals surface area (Å²) in [5, 5.41) is 3.76. The first-order valence-electron chi connectivity index (χ1n) is 8.37. The molecule has 2 aliphatic carbocycles. The molecule has 2 heteroatoms. The van der Waals surface area contributed by atoms with Crippen molar-refractivity contribution in [2.24, 2.45) is 5.92 Å². The van der Waals surface area contributed by atoms with Crippen LogP contribution in [0, 0.1) is 5.92 Å². The lowest BCUT2D eigenvalue weighted by atomic mass is 9.91. The lowest BCUT2D eigenvalue weighted by Crippen LogP contribution is -2.27. The van der Waals surface area contributed by atoms with E-state index < -0.39 is 0 Å². The lowest BCUT2D eigenvalue weighted by Gasteiger charge is -2.25. The van der Waals surface area contributed by atoms with Crippen LogP contribution in [0.2, 0.25) is 0 Å². The average molecular weight is 273 g/mol. The molecule has 2 saturated carbocycles. The van der Waals surface area contributed by atoms with Gasteiger partial charge in [0.1, 0.15) is 5.75 Å². The van der Waals surface area contributed by atoms with Crippen LogP contribution in [-0.4, -0.2) is 12.6 Å². The summed E-state index contributed by atoms with van der Waals surface area (Å²) in [6.45, 7) is 3.35. The summed E-state index contributed by atoms with van der Waals surface area (Å²) in [5.74, 6) is 1.86. The Morgan fingerprint density at radius 3 is 2.40 bits per heavy atom. The van der Waals surface area contributed by atoms with Crippen LogP contribution in [0.4, 0.5) is 0 Å². The second-order valence-electron chi connectivity index (χ2n) is 6.36. The molecule has 1 unspecified atom stereocenters. The van der Waals surface area contributed by atoms with Gasteiger partial charge in [-0.05, 0) is 62.3 Å². The molecule has 1 atom stereocenters. The Hall–Kier alpha value is -1.02. The highest BCUT2D eigenvalue weighted by Crippen LogP contribution is 2.36. The van der Waals surface area contributed by atoms with E-state index in [4.69, 9.17) is 4.74 Å². The van der Waals surface area contributed by atoms with E-state index in [9.17, 15) is 0 Å². The van der Waals surface area contributed by atoms with E-state index in [-0.39, 0.29) is 0 Å². The molecule has 0 bridgehead atoms. The van der Waals surface area contributed by atoms with Gasteiger partial charge in [0.2, 0.25) is 0 Å². The molecule has 0 radical (unpaired) electrons. The molecule has 0 saturated heterocycles. The molecule has 2 fully saturated rings. The molecule has 1 aromatic carbocycles. The number of rotatable bonds is 7. The maximum atomic E-state index is 5.85. The zero-order valence-corrected chi connectivity index (χ0v) is 12.6. The molecule has 1 N–H and O–H groups in total. The van der Waals surface area contributed by atoms with Gasteiger partial charge in [-0.15, -0.1) is 0 Å². The van der Waals surface area contributed by atoms with Crippen molar-refractivity contribution in [3.05, 3.63) is 29.8 Å².